The molecule has 0 radical (unpaired) electrons. The van der Waals surface area contributed by atoms with Gasteiger partial charge in [-0.3, -0.25) is 0 Å². The Morgan fingerprint density at radius 1 is 0.808 bits per heavy atom. The fraction of sp³-hybridized carbons (Fsp3) is 0.222. The van der Waals surface area contributed by atoms with E-state index in [1.807, 2.05) is 36.4 Å². The second-order valence-electron chi connectivity index (χ2n) is 6.29. The first-order valence-electron chi connectivity index (χ1n) is 8.53. The van der Waals surface area contributed by atoms with Crippen LogP contribution in [0.5, 0.6) is 0 Å². The molecule has 0 bridgehead atoms. The van der Waals surface area contributed by atoms with E-state index in [0.29, 0.717) is 11.3 Å². The molecular formula is C18H16FN7. The van der Waals surface area contributed by atoms with Crippen LogP contribution in [0, 0.1) is 5.82 Å². The molecule has 0 atom stereocenters. The van der Waals surface area contributed by atoms with E-state index >= 15 is 0 Å². The molecule has 2 aromatic carbocycles. The molecule has 130 valence electrons. The molecule has 1 aliphatic heterocycles. The van der Waals surface area contributed by atoms with Crippen molar-refractivity contribution in [3.63, 3.8) is 0 Å². The van der Waals surface area contributed by atoms with Crippen molar-refractivity contribution in [2.45, 2.75) is 0 Å². The lowest BCUT2D eigenvalue weighted by molar-refractivity contribution is 0.594. The molecule has 0 N–H and O–H groups in total. The number of hydrogen-bond acceptors (Lipinski definition) is 6. The van der Waals surface area contributed by atoms with Crippen LogP contribution in [-0.4, -0.2) is 51.4 Å². The molecule has 0 aliphatic carbocycles. The van der Waals surface area contributed by atoms with Crippen molar-refractivity contribution >= 4 is 27.9 Å². The third kappa shape index (κ3) is 2.33. The van der Waals surface area contributed by atoms with Crippen molar-refractivity contribution in [2.75, 3.05) is 36.0 Å². The van der Waals surface area contributed by atoms with Gasteiger partial charge in [0.25, 0.3) is 0 Å². The Morgan fingerprint density at radius 3 is 2.31 bits per heavy atom. The fourth-order valence-corrected chi connectivity index (χ4v) is 3.53. The minimum Gasteiger partial charge on any atom is -0.366 e. The molecule has 4 aromatic rings. The molecule has 8 heteroatoms. The van der Waals surface area contributed by atoms with E-state index in [4.69, 9.17) is 0 Å². The normalized spacial score (nSPS) is 15.1. The second-order valence-corrected chi connectivity index (χ2v) is 6.29. The van der Waals surface area contributed by atoms with Crippen LogP contribution in [0.4, 0.5) is 15.9 Å². The summed E-state index contributed by atoms with van der Waals surface area (Å²) < 4.78 is 15.5. The molecule has 0 saturated carbocycles. The standard InChI is InChI=1S/C18H16FN7/c19-15-7-3-4-8-16(15)24-9-11-25(12-10-24)18-14-6-2-1-5-13(14)17-20-22-23-26(17)21-18/h1-8H,9-12H2. The maximum atomic E-state index is 14.0. The summed E-state index contributed by atoms with van der Waals surface area (Å²) in [4.78, 5) is 4.28. The minimum atomic E-state index is -0.181. The number of anilines is 2. The Morgan fingerprint density at radius 2 is 1.50 bits per heavy atom. The van der Waals surface area contributed by atoms with Crippen molar-refractivity contribution in [1.29, 1.82) is 0 Å². The average molecular weight is 349 g/mol. The third-order valence-corrected chi connectivity index (χ3v) is 4.82. The molecule has 5 rings (SSSR count). The molecule has 2 aromatic heterocycles. The second kappa shape index (κ2) is 5.91. The number of para-hydroxylation sites is 1. The van der Waals surface area contributed by atoms with Crippen molar-refractivity contribution in [3.8, 4) is 0 Å². The van der Waals surface area contributed by atoms with Gasteiger partial charge in [-0.15, -0.1) is 14.8 Å². The number of rotatable bonds is 2. The van der Waals surface area contributed by atoms with E-state index in [9.17, 15) is 4.39 Å². The minimum absolute atomic E-state index is 0.181. The zero-order chi connectivity index (χ0) is 17.5. The molecule has 1 aliphatic rings. The molecule has 3 heterocycles. The molecule has 1 saturated heterocycles. The summed E-state index contributed by atoms with van der Waals surface area (Å²) >= 11 is 0. The third-order valence-electron chi connectivity index (χ3n) is 4.82. The van der Waals surface area contributed by atoms with Gasteiger partial charge in [0, 0.05) is 37.0 Å². The predicted molar refractivity (Wildman–Crippen MR) is 96.9 cm³/mol. The smallest absolute Gasteiger partial charge is 0.207 e. The quantitative estimate of drug-likeness (QED) is 0.553. The number of aromatic nitrogens is 5. The topological polar surface area (TPSA) is 62.5 Å². The first kappa shape index (κ1) is 15.0. The number of tetrazole rings is 1. The van der Waals surface area contributed by atoms with Crippen molar-refractivity contribution in [3.05, 3.63) is 54.3 Å². The van der Waals surface area contributed by atoms with E-state index in [-0.39, 0.29) is 5.82 Å². The van der Waals surface area contributed by atoms with Crippen LogP contribution >= 0.6 is 0 Å². The van der Waals surface area contributed by atoms with Crippen LogP contribution in [0.3, 0.4) is 0 Å². The Bertz CT molecular complexity index is 1090. The van der Waals surface area contributed by atoms with Crippen molar-refractivity contribution in [2.24, 2.45) is 0 Å². The SMILES string of the molecule is Fc1ccccc1N1CCN(c2nn3nnnc3c3ccccc23)CC1. The number of piperazine rings is 1. The van der Waals surface area contributed by atoms with Gasteiger partial charge >= 0.3 is 0 Å². The molecular weight excluding hydrogens is 333 g/mol. The number of nitrogens with zero attached hydrogens (tertiary/aromatic N) is 7. The van der Waals surface area contributed by atoms with Crippen LogP contribution in [0.25, 0.3) is 16.4 Å². The van der Waals surface area contributed by atoms with Crippen LogP contribution < -0.4 is 9.80 Å². The fourth-order valence-electron chi connectivity index (χ4n) is 3.53. The Balaban J connectivity index is 1.49. The van der Waals surface area contributed by atoms with Gasteiger partial charge in [-0.25, -0.2) is 4.39 Å². The summed E-state index contributed by atoms with van der Waals surface area (Å²) in [6, 6.07) is 14.9. The van der Waals surface area contributed by atoms with Gasteiger partial charge < -0.3 is 9.80 Å². The zero-order valence-corrected chi connectivity index (χ0v) is 14.0. The van der Waals surface area contributed by atoms with Crippen molar-refractivity contribution < 1.29 is 4.39 Å². The molecule has 0 unspecified atom stereocenters. The number of hydrogen-bond donors (Lipinski definition) is 0. The van der Waals surface area contributed by atoms with Gasteiger partial charge in [0.1, 0.15) is 5.82 Å². The lowest BCUT2D eigenvalue weighted by atomic mass is 10.1. The average Bonchev–Trinajstić information content (AvgIpc) is 3.17. The van der Waals surface area contributed by atoms with Crippen LogP contribution in [0.2, 0.25) is 0 Å². The zero-order valence-electron chi connectivity index (χ0n) is 14.0. The Hall–Kier alpha value is -3.29. The molecule has 7 nitrogen and oxygen atoms in total. The van der Waals surface area contributed by atoms with Crippen LogP contribution in [0.15, 0.2) is 48.5 Å². The monoisotopic (exact) mass is 349 g/mol. The van der Waals surface area contributed by atoms with E-state index in [1.54, 1.807) is 6.07 Å². The summed E-state index contributed by atoms with van der Waals surface area (Å²) in [6.45, 7) is 2.95. The largest absolute Gasteiger partial charge is 0.366 e. The number of fused-ring (bicyclic) bond motifs is 3. The van der Waals surface area contributed by atoms with Gasteiger partial charge in [0.15, 0.2) is 5.82 Å². The van der Waals surface area contributed by atoms with Crippen LogP contribution in [-0.2, 0) is 0 Å². The van der Waals surface area contributed by atoms with Crippen molar-refractivity contribution in [1.82, 2.24) is 25.3 Å². The van der Waals surface area contributed by atoms with Gasteiger partial charge in [-0.2, -0.15) is 0 Å². The highest BCUT2D eigenvalue weighted by atomic mass is 19.1. The van der Waals surface area contributed by atoms with E-state index < -0.39 is 0 Å². The Labute approximate surface area is 148 Å². The summed E-state index contributed by atoms with van der Waals surface area (Å²) in [5, 5.41) is 18.4. The number of halogens is 1. The molecule has 1 fully saturated rings. The van der Waals surface area contributed by atoms with E-state index in [1.165, 1.54) is 10.7 Å². The highest BCUT2D eigenvalue weighted by molar-refractivity contribution is 5.99. The van der Waals surface area contributed by atoms with Crippen LogP contribution in [0.1, 0.15) is 0 Å². The first-order valence-corrected chi connectivity index (χ1v) is 8.53. The molecule has 0 amide bonds. The highest BCUT2D eigenvalue weighted by Crippen LogP contribution is 2.28. The van der Waals surface area contributed by atoms with Gasteiger partial charge in [-0.05, 0) is 22.6 Å². The number of benzene rings is 2. The molecule has 0 spiro atoms. The summed E-state index contributed by atoms with van der Waals surface area (Å²) in [7, 11) is 0. The lowest BCUT2D eigenvalue weighted by Gasteiger charge is -2.37. The Kier molecular flexibility index (Phi) is 3.41. The highest BCUT2D eigenvalue weighted by Gasteiger charge is 2.23. The van der Waals surface area contributed by atoms with Gasteiger partial charge in [0.2, 0.25) is 5.65 Å². The van der Waals surface area contributed by atoms with E-state index in [2.05, 4.69) is 30.4 Å². The lowest BCUT2D eigenvalue weighted by Crippen LogP contribution is -2.47. The predicted octanol–water partition coefficient (Wildman–Crippen LogP) is 2.14. The van der Waals surface area contributed by atoms with Gasteiger partial charge in [0.05, 0.1) is 5.69 Å². The maximum Gasteiger partial charge on any atom is 0.207 e. The summed E-state index contributed by atoms with van der Waals surface area (Å²) in [6.07, 6.45) is 0. The first-order chi connectivity index (χ1) is 12.8. The van der Waals surface area contributed by atoms with E-state index in [0.717, 1.165) is 42.8 Å². The molecule has 26 heavy (non-hydrogen) atoms. The maximum absolute atomic E-state index is 14.0. The summed E-state index contributed by atoms with van der Waals surface area (Å²) in [5.41, 5.74) is 1.30. The summed E-state index contributed by atoms with van der Waals surface area (Å²) in [5.74, 6) is 0.674. The van der Waals surface area contributed by atoms with Gasteiger partial charge in [-0.1, -0.05) is 36.4 Å².